The first-order valence-corrected chi connectivity index (χ1v) is 3.22. The quantitative estimate of drug-likeness (QED) is 0.452. The Labute approximate surface area is 49.0 Å². The fourth-order valence-corrected chi connectivity index (χ4v) is 1.29. The van der Waals surface area contributed by atoms with Gasteiger partial charge in [0.15, 0.2) is 0 Å². The average Bonchev–Trinajstić information content (AvgIpc) is 2.39. The predicted octanol–water partition coefficient (Wildman–Crippen LogP) is 1.62. The molecule has 0 saturated heterocycles. The molecule has 0 radical (unpaired) electrons. The summed E-state index contributed by atoms with van der Waals surface area (Å²) in [5.41, 5.74) is 0.361. The first-order chi connectivity index (χ1) is 3.83. The van der Waals surface area contributed by atoms with Gasteiger partial charge in [-0.3, -0.25) is 0 Å². The smallest absolute Gasteiger partial charge is 0.0861 e. The molecule has 0 aromatic carbocycles. The molecule has 1 atom stereocenters. The van der Waals surface area contributed by atoms with Crippen molar-refractivity contribution in [2.75, 3.05) is 6.54 Å². The van der Waals surface area contributed by atoms with Crippen LogP contribution in [0, 0.1) is 5.92 Å². The highest BCUT2D eigenvalue weighted by Gasteiger charge is 2.50. The third-order valence-electron chi connectivity index (χ3n) is 2.30. The van der Waals surface area contributed by atoms with Crippen molar-refractivity contribution in [3.05, 3.63) is 0 Å². The first kappa shape index (κ1) is 4.48. The van der Waals surface area contributed by atoms with Crippen LogP contribution in [0.15, 0.2) is 10.2 Å². The maximum Gasteiger partial charge on any atom is 0.0861 e. The lowest BCUT2D eigenvalue weighted by atomic mass is 10.0. The summed E-state index contributed by atoms with van der Waals surface area (Å²) in [4.78, 5) is 0. The molecule has 44 valence electrons. The molecule has 1 aliphatic carbocycles. The standard InChI is InChI=1S/C6H10N2/c1-5-4-7-8-6(5)2-3-6/h5H,2-4H2,1H3. The van der Waals surface area contributed by atoms with Crippen LogP contribution in [-0.2, 0) is 0 Å². The Kier molecular flexibility index (Phi) is 0.626. The minimum Gasteiger partial charge on any atom is -0.193 e. The fourth-order valence-electron chi connectivity index (χ4n) is 1.29. The van der Waals surface area contributed by atoms with Crippen LogP contribution < -0.4 is 0 Å². The van der Waals surface area contributed by atoms with Gasteiger partial charge in [0.1, 0.15) is 0 Å². The monoisotopic (exact) mass is 110 g/mol. The van der Waals surface area contributed by atoms with Crippen LogP contribution in [-0.4, -0.2) is 12.1 Å². The van der Waals surface area contributed by atoms with E-state index in [1.807, 2.05) is 0 Å². The van der Waals surface area contributed by atoms with Crippen molar-refractivity contribution >= 4 is 0 Å². The summed E-state index contributed by atoms with van der Waals surface area (Å²) in [5.74, 6) is 0.738. The maximum atomic E-state index is 4.19. The van der Waals surface area contributed by atoms with E-state index >= 15 is 0 Å². The topological polar surface area (TPSA) is 24.7 Å². The van der Waals surface area contributed by atoms with E-state index in [0.29, 0.717) is 5.54 Å². The van der Waals surface area contributed by atoms with E-state index in [2.05, 4.69) is 17.2 Å². The lowest BCUT2D eigenvalue weighted by Crippen LogP contribution is -2.12. The lowest BCUT2D eigenvalue weighted by Gasteiger charge is -2.05. The van der Waals surface area contributed by atoms with Gasteiger partial charge in [0.05, 0.1) is 12.1 Å². The highest BCUT2D eigenvalue weighted by Crippen LogP contribution is 2.49. The number of hydrogen-bond acceptors (Lipinski definition) is 2. The molecule has 0 N–H and O–H groups in total. The third kappa shape index (κ3) is 0.383. The molecule has 0 bridgehead atoms. The van der Waals surface area contributed by atoms with E-state index in [0.717, 1.165) is 12.5 Å². The molecule has 2 rings (SSSR count). The van der Waals surface area contributed by atoms with Gasteiger partial charge in [-0.15, -0.1) is 0 Å². The summed E-state index contributed by atoms with van der Waals surface area (Å²) in [7, 11) is 0. The summed E-state index contributed by atoms with van der Waals surface area (Å²) >= 11 is 0. The maximum absolute atomic E-state index is 4.19. The minimum absolute atomic E-state index is 0.361. The second-order valence-electron chi connectivity index (χ2n) is 2.93. The molecule has 2 nitrogen and oxygen atoms in total. The molecule has 1 unspecified atom stereocenters. The molecule has 2 aliphatic rings. The molecular weight excluding hydrogens is 100 g/mol. The van der Waals surface area contributed by atoms with Crippen LogP contribution in [0.25, 0.3) is 0 Å². The largest absolute Gasteiger partial charge is 0.193 e. The van der Waals surface area contributed by atoms with Gasteiger partial charge >= 0.3 is 0 Å². The van der Waals surface area contributed by atoms with Crippen LogP contribution in [0.2, 0.25) is 0 Å². The predicted molar refractivity (Wildman–Crippen MR) is 30.9 cm³/mol. The van der Waals surface area contributed by atoms with E-state index in [1.165, 1.54) is 12.8 Å². The normalized spacial score (nSPS) is 38.9. The summed E-state index contributed by atoms with van der Waals surface area (Å²) < 4.78 is 0. The second-order valence-corrected chi connectivity index (χ2v) is 2.93. The molecule has 1 spiro atoms. The van der Waals surface area contributed by atoms with Crippen molar-refractivity contribution in [2.45, 2.75) is 25.3 Å². The van der Waals surface area contributed by atoms with E-state index in [1.54, 1.807) is 0 Å². The number of nitrogens with zero attached hydrogens (tertiary/aromatic N) is 2. The molecule has 1 fully saturated rings. The molecule has 0 aromatic rings. The molecule has 1 saturated carbocycles. The summed E-state index contributed by atoms with van der Waals surface area (Å²) in [6.45, 7) is 3.22. The van der Waals surface area contributed by atoms with Crippen molar-refractivity contribution in [3.63, 3.8) is 0 Å². The molecule has 0 amide bonds. The Bertz CT molecular complexity index is 135. The Morgan fingerprint density at radius 3 is 2.50 bits per heavy atom. The van der Waals surface area contributed by atoms with Gasteiger partial charge in [-0.25, -0.2) is 0 Å². The van der Waals surface area contributed by atoms with Crippen LogP contribution >= 0.6 is 0 Å². The van der Waals surface area contributed by atoms with Crippen molar-refractivity contribution in [1.82, 2.24) is 0 Å². The third-order valence-corrected chi connectivity index (χ3v) is 2.30. The zero-order valence-corrected chi connectivity index (χ0v) is 5.09. The molecule has 0 aromatic heterocycles. The first-order valence-electron chi connectivity index (χ1n) is 3.22. The van der Waals surface area contributed by atoms with Crippen molar-refractivity contribution in [2.24, 2.45) is 16.1 Å². The van der Waals surface area contributed by atoms with E-state index in [9.17, 15) is 0 Å². The summed E-state index contributed by atoms with van der Waals surface area (Å²) in [5, 5.41) is 8.19. The number of hydrogen-bond donors (Lipinski definition) is 0. The average molecular weight is 110 g/mol. The zero-order chi connectivity index (χ0) is 5.61. The lowest BCUT2D eigenvalue weighted by molar-refractivity contribution is 0.511. The van der Waals surface area contributed by atoms with Crippen molar-refractivity contribution < 1.29 is 0 Å². The molecule has 2 heteroatoms. The van der Waals surface area contributed by atoms with Crippen LogP contribution in [0.1, 0.15) is 19.8 Å². The van der Waals surface area contributed by atoms with Crippen LogP contribution in [0.5, 0.6) is 0 Å². The number of rotatable bonds is 0. The summed E-state index contributed by atoms with van der Waals surface area (Å²) in [6.07, 6.45) is 2.58. The van der Waals surface area contributed by atoms with E-state index in [4.69, 9.17) is 0 Å². The van der Waals surface area contributed by atoms with Gasteiger partial charge in [-0.05, 0) is 12.8 Å². The fraction of sp³-hybridized carbons (Fsp3) is 1.00. The van der Waals surface area contributed by atoms with Gasteiger partial charge in [-0.1, -0.05) is 6.92 Å². The van der Waals surface area contributed by atoms with Crippen LogP contribution in [0.3, 0.4) is 0 Å². The van der Waals surface area contributed by atoms with Gasteiger partial charge in [-0.2, -0.15) is 10.2 Å². The van der Waals surface area contributed by atoms with Gasteiger partial charge in [0.2, 0.25) is 0 Å². The highest BCUT2D eigenvalue weighted by molar-refractivity contribution is 5.07. The SMILES string of the molecule is CC1CN=NC12CC2. The highest BCUT2D eigenvalue weighted by atomic mass is 15.2. The van der Waals surface area contributed by atoms with E-state index in [-0.39, 0.29) is 0 Å². The van der Waals surface area contributed by atoms with Gasteiger partial charge in [0.25, 0.3) is 0 Å². The Balaban J connectivity index is 2.22. The molecule has 1 aliphatic heterocycles. The Morgan fingerprint density at radius 1 is 1.50 bits per heavy atom. The minimum atomic E-state index is 0.361. The molecular formula is C6H10N2. The Morgan fingerprint density at radius 2 is 2.25 bits per heavy atom. The molecule has 1 heterocycles. The van der Waals surface area contributed by atoms with Gasteiger partial charge < -0.3 is 0 Å². The second kappa shape index (κ2) is 1.12. The molecule has 8 heavy (non-hydrogen) atoms. The zero-order valence-electron chi connectivity index (χ0n) is 5.09. The number of azo groups is 1. The van der Waals surface area contributed by atoms with Crippen molar-refractivity contribution in [3.8, 4) is 0 Å². The summed E-state index contributed by atoms with van der Waals surface area (Å²) in [6, 6.07) is 0. The van der Waals surface area contributed by atoms with Gasteiger partial charge in [0, 0.05) is 5.92 Å². The van der Waals surface area contributed by atoms with Crippen molar-refractivity contribution in [1.29, 1.82) is 0 Å². The van der Waals surface area contributed by atoms with E-state index < -0.39 is 0 Å². The van der Waals surface area contributed by atoms with Crippen LogP contribution in [0.4, 0.5) is 0 Å². The Hall–Kier alpha value is -0.400.